The van der Waals surface area contributed by atoms with Crippen molar-refractivity contribution in [3.63, 3.8) is 0 Å². The van der Waals surface area contributed by atoms with E-state index in [1.165, 1.54) is 0 Å². The number of hydrogen-bond donors (Lipinski definition) is 1. The molecule has 0 radical (unpaired) electrons. The number of aryl methyl sites for hydroxylation is 1. The molecule has 0 amide bonds. The van der Waals surface area contributed by atoms with Crippen LogP contribution < -0.4 is 5.56 Å². The largest absolute Gasteiger partial charge is 0.310 e. The maximum Gasteiger partial charge on any atom is 0.251 e. The van der Waals surface area contributed by atoms with Gasteiger partial charge in [-0.15, -0.1) is 0 Å². The Bertz CT molecular complexity index is 308. The van der Waals surface area contributed by atoms with Gasteiger partial charge >= 0.3 is 0 Å². The summed E-state index contributed by atoms with van der Waals surface area (Å²) in [5.74, 6) is 1.54. The van der Waals surface area contributed by atoms with E-state index in [4.69, 9.17) is 0 Å². The van der Waals surface area contributed by atoms with Gasteiger partial charge in [0, 0.05) is 11.8 Å². The molecule has 1 rings (SSSR count). The molecule has 0 unspecified atom stereocenters. The van der Waals surface area contributed by atoms with Crippen molar-refractivity contribution in [2.24, 2.45) is 0 Å². The van der Waals surface area contributed by atoms with Crippen LogP contribution in [0.3, 0.4) is 0 Å². The van der Waals surface area contributed by atoms with E-state index in [0.29, 0.717) is 0 Å². The zero-order chi connectivity index (χ0) is 8.97. The van der Waals surface area contributed by atoms with E-state index in [1.54, 1.807) is 17.8 Å². The zero-order valence-electron chi connectivity index (χ0n) is 7.26. The number of hydrogen-bond acceptors (Lipinski definition) is 3. The summed E-state index contributed by atoms with van der Waals surface area (Å²) in [4.78, 5) is 18.0. The van der Waals surface area contributed by atoms with Crippen LogP contribution >= 0.6 is 11.8 Å². The van der Waals surface area contributed by atoms with E-state index >= 15 is 0 Å². The number of rotatable bonds is 3. The lowest BCUT2D eigenvalue weighted by Crippen LogP contribution is -2.11. The van der Waals surface area contributed by atoms with Crippen LogP contribution in [0, 0.1) is 0 Å². The molecule has 0 spiro atoms. The Morgan fingerprint density at radius 3 is 3.00 bits per heavy atom. The number of aromatic nitrogens is 2. The fourth-order valence-corrected chi connectivity index (χ4v) is 1.36. The summed E-state index contributed by atoms with van der Waals surface area (Å²) < 4.78 is 0. The van der Waals surface area contributed by atoms with E-state index < -0.39 is 0 Å². The van der Waals surface area contributed by atoms with Crippen molar-refractivity contribution >= 4 is 11.8 Å². The average Bonchev–Trinajstić information content (AvgIpc) is 2.04. The van der Waals surface area contributed by atoms with Gasteiger partial charge in [0.15, 0.2) is 0 Å². The molecular formula is C8H12N2OS. The third-order valence-corrected chi connectivity index (χ3v) is 2.05. The van der Waals surface area contributed by atoms with Crippen LogP contribution in [0.5, 0.6) is 0 Å². The third kappa shape index (κ3) is 2.37. The van der Waals surface area contributed by atoms with Gasteiger partial charge in [0.05, 0.1) is 5.75 Å². The summed E-state index contributed by atoms with van der Waals surface area (Å²) in [5.41, 5.74) is 0.814. The summed E-state index contributed by atoms with van der Waals surface area (Å²) in [7, 11) is 0. The number of nitrogens with zero attached hydrogens (tertiary/aromatic N) is 1. The molecule has 4 heteroatoms. The molecule has 1 heterocycles. The van der Waals surface area contributed by atoms with Crippen molar-refractivity contribution in [1.82, 2.24) is 9.97 Å². The van der Waals surface area contributed by atoms with Crippen LogP contribution in [-0.4, -0.2) is 16.2 Å². The molecule has 0 saturated heterocycles. The molecule has 0 aliphatic heterocycles. The number of nitrogens with one attached hydrogen (secondary N) is 1. The molecule has 0 bridgehead atoms. The Hall–Kier alpha value is -0.770. The second kappa shape index (κ2) is 4.30. The third-order valence-electron chi connectivity index (χ3n) is 1.49. The van der Waals surface area contributed by atoms with Gasteiger partial charge in [-0.25, -0.2) is 4.98 Å². The van der Waals surface area contributed by atoms with Crippen LogP contribution in [-0.2, 0) is 12.2 Å². The Kier molecular flexibility index (Phi) is 3.34. The van der Waals surface area contributed by atoms with E-state index in [0.717, 1.165) is 23.7 Å². The zero-order valence-corrected chi connectivity index (χ0v) is 8.07. The highest BCUT2D eigenvalue weighted by molar-refractivity contribution is 7.97. The first-order valence-corrected chi connectivity index (χ1v) is 5.23. The first-order chi connectivity index (χ1) is 5.76. The summed E-state index contributed by atoms with van der Waals surface area (Å²) in [6.07, 6.45) is 2.80. The quantitative estimate of drug-likeness (QED) is 0.767. The lowest BCUT2D eigenvalue weighted by atomic mass is 10.3. The minimum absolute atomic E-state index is 0.0501. The van der Waals surface area contributed by atoms with Crippen molar-refractivity contribution in [3.05, 3.63) is 27.9 Å². The van der Waals surface area contributed by atoms with Gasteiger partial charge in [0.1, 0.15) is 5.82 Å². The van der Waals surface area contributed by atoms with Gasteiger partial charge in [0.25, 0.3) is 5.56 Å². The molecule has 0 aromatic carbocycles. The molecule has 1 aromatic rings. The van der Waals surface area contributed by atoms with Crippen molar-refractivity contribution in [2.45, 2.75) is 19.1 Å². The molecule has 1 aromatic heterocycles. The molecule has 1 N–H and O–H groups in total. The Balaban J connectivity index is 2.98. The van der Waals surface area contributed by atoms with Crippen molar-refractivity contribution in [2.75, 3.05) is 6.26 Å². The second-order valence-electron chi connectivity index (χ2n) is 2.47. The number of H-pyrrole nitrogens is 1. The first kappa shape index (κ1) is 9.32. The van der Waals surface area contributed by atoms with Gasteiger partial charge in [-0.1, -0.05) is 6.92 Å². The number of aromatic amines is 1. The summed E-state index contributed by atoms with van der Waals surface area (Å²) in [5, 5.41) is 0. The van der Waals surface area contributed by atoms with Gasteiger partial charge in [-0.2, -0.15) is 11.8 Å². The summed E-state index contributed by atoms with van der Waals surface area (Å²) in [6, 6.07) is 1.55. The SMILES string of the molecule is CCc1cc(=O)[nH]c(CSC)n1. The Labute approximate surface area is 75.6 Å². The molecule has 12 heavy (non-hydrogen) atoms. The topological polar surface area (TPSA) is 45.8 Å². The van der Waals surface area contributed by atoms with E-state index in [2.05, 4.69) is 9.97 Å². The first-order valence-electron chi connectivity index (χ1n) is 3.84. The second-order valence-corrected chi connectivity index (χ2v) is 3.34. The lowest BCUT2D eigenvalue weighted by Gasteiger charge is -1.99. The molecule has 3 nitrogen and oxygen atoms in total. The van der Waals surface area contributed by atoms with E-state index in [9.17, 15) is 4.79 Å². The fourth-order valence-electron chi connectivity index (χ4n) is 0.949. The van der Waals surface area contributed by atoms with Crippen LogP contribution in [0.2, 0.25) is 0 Å². The molecule has 0 aliphatic rings. The Morgan fingerprint density at radius 2 is 2.42 bits per heavy atom. The van der Waals surface area contributed by atoms with Gasteiger partial charge in [-0.3, -0.25) is 4.79 Å². The van der Waals surface area contributed by atoms with Gasteiger partial charge in [-0.05, 0) is 12.7 Å². The van der Waals surface area contributed by atoms with Crippen molar-refractivity contribution in [3.8, 4) is 0 Å². The highest BCUT2D eigenvalue weighted by Crippen LogP contribution is 2.02. The maximum atomic E-state index is 11.0. The van der Waals surface area contributed by atoms with Crippen LogP contribution in [0.4, 0.5) is 0 Å². The van der Waals surface area contributed by atoms with Crippen molar-refractivity contribution < 1.29 is 0 Å². The molecule has 0 saturated carbocycles. The predicted molar refractivity (Wildman–Crippen MR) is 51.5 cm³/mol. The van der Waals surface area contributed by atoms with Gasteiger partial charge in [0.2, 0.25) is 0 Å². The van der Waals surface area contributed by atoms with E-state index in [-0.39, 0.29) is 5.56 Å². The molecule has 0 atom stereocenters. The standard InChI is InChI=1S/C8H12N2OS/c1-3-6-4-8(11)10-7(9-6)5-12-2/h4H,3,5H2,1-2H3,(H,9,10,11). The Morgan fingerprint density at radius 1 is 1.67 bits per heavy atom. The molecule has 66 valence electrons. The summed E-state index contributed by atoms with van der Waals surface area (Å²) in [6.45, 7) is 1.99. The number of thioether (sulfide) groups is 1. The van der Waals surface area contributed by atoms with Crippen LogP contribution in [0.15, 0.2) is 10.9 Å². The minimum Gasteiger partial charge on any atom is -0.310 e. The maximum absolute atomic E-state index is 11.0. The highest BCUT2D eigenvalue weighted by Gasteiger charge is 1.97. The average molecular weight is 184 g/mol. The van der Waals surface area contributed by atoms with Crippen LogP contribution in [0.25, 0.3) is 0 Å². The van der Waals surface area contributed by atoms with Crippen molar-refractivity contribution in [1.29, 1.82) is 0 Å². The smallest absolute Gasteiger partial charge is 0.251 e. The lowest BCUT2D eigenvalue weighted by molar-refractivity contribution is 0.921. The fraction of sp³-hybridized carbons (Fsp3) is 0.500. The molecule has 0 aliphatic carbocycles. The highest BCUT2D eigenvalue weighted by atomic mass is 32.2. The normalized spacial score (nSPS) is 10.2. The summed E-state index contributed by atoms with van der Waals surface area (Å²) >= 11 is 1.65. The monoisotopic (exact) mass is 184 g/mol. The molecule has 0 fully saturated rings. The molecular weight excluding hydrogens is 172 g/mol. The van der Waals surface area contributed by atoms with E-state index in [1.807, 2.05) is 13.2 Å². The predicted octanol–water partition coefficient (Wildman–Crippen LogP) is 1.20. The minimum atomic E-state index is -0.0501. The van der Waals surface area contributed by atoms with Gasteiger partial charge < -0.3 is 4.98 Å². The van der Waals surface area contributed by atoms with Crippen LogP contribution in [0.1, 0.15) is 18.4 Å².